The summed E-state index contributed by atoms with van der Waals surface area (Å²) in [5, 5.41) is 11.3. The quantitative estimate of drug-likeness (QED) is 0.599. The van der Waals surface area contributed by atoms with Crippen LogP contribution in [-0.4, -0.2) is 47.0 Å². The smallest absolute Gasteiger partial charge is 0.231 e. The molecular weight excluding hydrogens is 426 g/mol. The summed E-state index contributed by atoms with van der Waals surface area (Å²) < 4.78 is 5.95. The van der Waals surface area contributed by atoms with Crippen LogP contribution in [0.3, 0.4) is 0 Å². The number of aromatic nitrogens is 1. The number of allylic oxidation sites excluding steroid dienone is 1. The predicted molar refractivity (Wildman–Crippen MR) is 124 cm³/mol. The summed E-state index contributed by atoms with van der Waals surface area (Å²) in [4.78, 5) is 21.5. The largest absolute Gasteiger partial charge is 0.507 e. The van der Waals surface area contributed by atoms with Gasteiger partial charge in [-0.15, -0.1) is 0 Å². The zero-order chi connectivity index (χ0) is 22.1. The molecule has 5 rings (SSSR count). The van der Waals surface area contributed by atoms with Crippen LogP contribution in [0.25, 0.3) is 6.08 Å². The van der Waals surface area contributed by atoms with E-state index in [9.17, 15) is 9.90 Å². The molecule has 2 aliphatic rings. The van der Waals surface area contributed by atoms with Crippen molar-refractivity contribution in [1.82, 2.24) is 9.88 Å². The first-order chi connectivity index (χ1) is 15.6. The van der Waals surface area contributed by atoms with Gasteiger partial charge in [-0.3, -0.25) is 14.7 Å². The van der Waals surface area contributed by atoms with E-state index in [-0.39, 0.29) is 17.3 Å². The Balaban J connectivity index is 1.32. The van der Waals surface area contributed by atoms with E-state index in [1.807, 2.05) is 24.3 Å². The fourth-order valence-electron chi connectivity index (χ4n) is 4.12. The number of benzene rings is 2. The second kappa shape index (κ2) is 8.65. The van der Waals surface area contributed by atoms with Crippen LogP contribution in [0.1, 0.15) is 21.5 Å². The molecule has 0 aliphatic carbocycles. The molecule has 1 fully saturated rings. The Hall–Kier alpha value is -3.35. The fourth-order valence-corrected chi connectivity index (χ4v) is 4.31. The highest BCUT2D eigenvalue weighted by atomic mass is 35.5. The van der Waals surface area contributed by atoms with Crippen LogP contribution in [-0.2, 0) is 6.54 Å². The molecule has 2 aliphatic heterocycles. The number of rotatable bonds is 4. The Morgan fingerprint density at radius 1 is 1.09 bits per heavy atom. The normalized spacial score (nSPS) is 17.5. The van der Waals surface area contributed by atoms with Gasteiger partial charge >= 0.3 is 0 Å². The average molecular weight is 448 g/mol. The van der Waals surface area contributed by atoms with Crippen LogP contribution >= 0.6 is 11.6 Å². The maximum atomic E-state index is 12.9. The number of hydrogen-bond acceptors (Lipinski definition) is 6. The number of phenolic OH excluding ortho intramolecular Hbond substituents is 1. The number of hydrogen-bond donors (Lipinski definition) is 1. The molecule has 1 saturated heterocycles. The Kier molecular flexibility index (Phi) is 5.55. The lowest BCUT2D eigenvalue weighted by atomic mass is 10.0. The van der Waals surface area contributed by atoms with Gasteiger partial charge in [0.15, 0.2) is 5.76 Å². The number of anilines is 1. The van der Waals surface area contributed by atoms with Gasteiger partial charge in [-0.1, -0.05) is 23.7 Å². The second-order valence-electron chi connectivity index (χ2n) is 7.91. The summed E-state index contributed by atoms with van der Waals surface area (Å²) >= 11 is 6.13. The van der Waals surface area contributed by atoms with Crippen LogP contribution in [0.4, 0.5) is 5.69 Å². The van der Waals surface area contributed by atoms with Crippen molar-refractivity contribution >= 4 is 29.1 Å². The van der Waals surface area contributed by atoms with Crippen LogP contribution in [0.2, 0.25) is 5.02 Å². The van der Waals surface area contributed by atoms with Crippen LogP contribution in [0.5, 0.6) is 11.5 Å². The minimum atomic E-state index is -0.184. The molecule has 2 aromatic carbocycles. The van der Waals surface area contributed by atoms with Crippen molar-refractivity contribution in [2.24, 2.45) is 0 Å². The van der Waals surface area contributed by atoms with E-state index in [1.54, 1.807) is 36.7 Å². The summed E-state index contributed by atoms with van der Waals surface area (Å²) in [6.07, 6.45) is 5.03. The Labute approximate surface area is 191 Å². The second-order valence-corrected chi connectivity index (χ2v) is 8.35. The highest BCUT2D eigenvalue weighted by Gasteiger charge is 2.32. The van der Waals surface area contributed by atoms with Gasteiger partial charge in [-0.2, -0.15) is 0 Å². The molecule has 7 heteroatoms. The number of pyridine rings is 1. The molecule has 3 heterocycles. The number of fused-ring (bicyclic) bond motifs is 1. The Bertz CT molecular complexity index is 1190. The third-order valence-corrected chi connectivity index (χ3v) is 6.06. The van der Waals surface area contributed by atoms with Gasteiger partial charge in [-0.05, 0) is 48.0 Å². The molecule has 162 valence electrons. The number of ether oxygens (including phenoxy) is 1. The van der Waals surface area contributed by atoms with Crippen molar-refractivity contribution in [2.45, 2.75) is 6.54 Å². The maximum absolute atomic E-state index is 12.9. The zero-order valence-corrected chi connectivity index (χ0v) is 18.1. The van der Waals surface area contributed by atoms with E-state index in [2.05, 4.69) is 20.9 Å². The highest BCUT2D eigenvalue weighted by Crippen LogP contribution is 2.40. The number of nitrogens with zero attached hydrogens (tertiary/aromatic N) is 3. The molecule has 3 aromatic rings. The monoisotopic (exact) mass is 447 g/mol. The van der Waals surface area contributed by atoms with Gasteiger partial charge in [0.05, 0.1) is 11.1 Å². The third-order valence-electron chi connectivity index (χ3n) is 5.83. The molecule has 0 spiro atoms. The Morgan fingerprint density at radius 3 is 2.69 bits per heavy atom. The van der Waals surface area contributed by atoms with Crippen molar-refractivity contribution in [2.75, 3.05) is 31.1 Å². The minimum Gasteiger partial charge on any atom is -0.507 e. The molecule has 6 nitrogen and oxygen atoms in total. The predicted octanol–water partition coefficient (Wildman–Crippen LogP) is 4.38. The molecule has 32 heavy (non-hydrogen) atoms. The number of phenols is 1. The molecule has 0 amide bonds. The summed E-state index contributed by atoms with van der Waals surface area (Å²) in [5.74, 6) is 0.639. The van der Waals surface area contributed by atoms with E-state index in [4.69, 9.17) is 16.3 Å². The topological polar surface area (TPSA) is 65.9 Å². The first-order valence-electron chi connectivity index (χ1n) is 10.5. The first kappa shape index (κ1) is 20.5. The number of piperazine rings is 1. The number of carbonyl (C=O) groups excluding carboxylic acids is 1. The average Bonchev–Trinajstić information content (AvgIpc) is 3.12. The van der Waals surface area contributed by atoms with Crippen molar-refractivity contribution in [3.63, 3.8) is 0 Å². The third kappa shape index (κ3) is 4.07. The van der Waals surface area contributed by atoms with Crippen molar-refractivity contribution in [3.05, 3.63) is 88.4 Å². The van der Waals surface area contributed by atoms with Crippen LogP contribution in [0.15, 0.2) is 66.7 Å². The number of aromatic hydroxyl groups is 1. The van der Waals surface area contributed by atoms with Crippen LogP contribution in [0, 0.1) is 0 Å². The lowest BCUT2D eigenvalue weighted by Crippen LogP contribution is -2.46. The number of Topliss-reactive ketones (excluding diaryl/α,β-unsaturated/α-hetero) is 1. The molecule has 0 unspecified atom stereocenters. The van der Waals surface area contributed by atoms with Crippen molar-refractivity contribution in [3.8, 4) is 11.5 Å². The van der Waals surface area contributed by atoms with Gasteiger partial charge < -0.3 is 14.7 Å². The summed E-state index contributed by atoms with van der Waals surface area (Å²) in [7, 11) is 0. The van der Waals surface area contributed by atoms with Gasteiger partial charge in [0.1, 0.15) is 11.5 Å². The van der Waals surface area contributed by atoms with Gasteiger partial charge in [0.25, 0.3) is 0 Å². The number of halogens is 1. The van der Waals surface area contributed by atoms with Crippen molar-refractivity contribution in [1.29, 1.82) is 0 Å². The van der Waals surface area contributed by atoms with E-state index in [0.717, 1.165) is 42.5 Å². The van der Waals surface area contributed by atoms with Gasteiger partial charge in [-0.25, -0.2) is 0 Å². The highest BCUT2D eigenvalue weighted by molar-refractivity contribution is 6.30. The fraction of sp³-hybridized carbons (Fsp3) is 0.200. The molecule has 0 radical (unpaired) electrons. The number of ketones is 1. The van der Waals surface area contributed by atoms with Gasteiger partial charge in [0.2, 0.25) is 5.78 Å². The van der Waals surface area contributed by atoms with Gasteiger partial charge in [0, 0.05) is 55.8 Å². The van der Waals surface area contributed by atoms with E-state index >= 15 is 0 Å². The lowest BCUT2D eigenvalue weighted by Gasteiger charge is -2.36. The zero-order valence-electron chi connectivity index (χ0n) is 17.4. The minimum absolute atomic E-state index is 0.136. The molecule has 0 atom stereocenters. The van der Waals surface area contributed by atoms with Crippen molar-refractivity contribution < 1.29 is 14.6 Å². The summed E-state index contributed by atoms with van der Waals surface area (Å²) in [5.41, 5.74) is 3.01. The molecular formula is C25H22ClN3O3. The standard InChI is InChI=1S/C25H22ClN3O3/c26-18-4-1-5-19(14-18)29-11-9-28(10-12-29)16-21-22(30)7-6-20-24(31)23(32-25(20)21)13-17-3-2-8-27-15-17/h1-8,13-15,30H,9-12,16H2/b23-13-. The summed E-state index contributed by atoms with van der Waals surface area (Å²) in [6, 6.07) is 14.7. The summed E-state index contributed by atoms with van der Waals surface area (Å²) in [6.45, 7) is 3.85. The molecule has 0 saturated carbocycles. The molecule has 1 aromatic heterocycles. The molecule has 0 bridgehead atoms. The first-order valence-corrected chi connectivity index (χ1v) is 10.9. The molecule has 1 N–H and O–H groups in total. The Morgan fingerprint density at radius 2 is 1.94 bits per heavy atom. The van der Waals surface area contributed by atoms with Crippen LogP contribution < -0.4 is 9.64 Å². The van der Waals surface area contributed by atoms with E-state index in [1.165, 1.54) is 0 Å². The maximum Gasteiger partial charge on any atom is 0.231 e. The lowest BCUT2D eigenvalue weighted by molar-refractivity contribution is 0.101. The van der Waals surface area contributed by atoms with E-state index < -0.39 is 0 Å². The number of carbonyl (C=O) groups is 1. The van der Waals surface area contributed by atoms with E-state index in [0.29, 0.717) is 23.4 Å². The SMILES string of the molecule is O=C1/C(=C/c2cccnc2)Oc2c1ccc(O)c2CN1CCN(c2cccc(Cl)c2)CC1.